The molecule has 26 heavy (non-hydrogen) atoms. The fourth-order valence-electron chi connectivity index (χ4n) is 3.00. The summed E-state index contributed by atoms with van der Waals surface area (Å²) < 4.78 is 1.82. The summed E-state index contributed by atoms with van der Waals surface area (Å²) in [5.74, 6) is 0. The van der Waals surface area contributed by atoms with Crippen molar-refractivity contribution in [1.29, 1.82) is 0 Å². The largest absolute Gasteiger partial charge is 0.386 e. The summed E-state index contributed by atoms with van der Waals surface area (Å²) >= 11 is 1.19. The maximum atomic E-state index is 12.4. The summed E-state index contributed by atoms with van der Waals surface area (Å²) in [6.07, 6.45) is 0. The van der Waals surface area contributed by atoms with Crippen LogP contribution < -0.4 is 4.87 Å². The number of hydrogen-bond acceptors (Lipinski definition) is 4. The summed E-state index contributed by atoms with van der Waals surface area (Å²) in [5.41, 5.74) is 3.74. The third kappa shape index (κ3) is 3.74. The van der Waals surface area contributed by atoms with Crippen LogP contribution >= 0.6 is 11.3 Å². The zero-order valence-electron chi connectivity index (χ0n) is 16.3. The quantitative estimate of drug-likeness (QED) is 0.726. The summed E-state index contributed by atoms with van der Waals surface area (Å²) in [6, 6.07) is 9.87. The van der Waals surface area contributed by atoms with Crippen LogP contribution in [0.1, 0.15) is 45.7 Å². The Balaban J connectivity index is 2.13. The summed E-state index contributed by atoms with van der Waals surface area (Å²) in [6.45, 7) is 12.6. The molecule has 5 heteroatoms. The number of aryl methyl sites for hydroxylation is 1. The van der Waals surface area contributed by atoms with E-state index in [0.29, 0.717) is 6.54 Å². The highest BCUT2D eigenvalue weighted by Gasteiger charge is 2.19. The first kappa shape index (κ1) is 18.8. The third-order valence-electron chi connectivity index (χ3n) is 4.39. The van der Waals surface area contributed by atoms with Crippen LogP contribution in [0.25, 0.3) is 21.6 Å². The first-order chi connectivity index (χ1) is 12.0. The fraction of sp³-hybridized carbons (Fsp3) is 0.429. The lowest BCUT2D eigenvalue weighted by Crippen LogP contribution is -2.22. The molecule has 0 saturated heterocycles. The maximum Gasteiger partial charge on any atom is 0.309 e. The van der Waals surface area contributed by atoms with Crippen molar-refractivity contribution in [2.75, 3.05) is 0 Å². The van der Waals surface area contributed by atoms with Crippen molar-refractivity contribution in [2.24, 2.45) is 5.41 Å². The van der Waals surface area contributed by atoms with Crippen molar-refractivity contribution in [1.82, 2.24) is 9.55 Å². The summed E-state index contributed by atoms with van der Waals surface area (Å²) in [7, 11) is 0. The number of hydrogen-bond donors (Lipinski definition) is 1. The third-order valence-corrected chi connectivity index (χ3v) is 5.28. The molecule has 4 nitrogen and oxygen atoms in total. The topological polar surface area (TPSA) is 55.1 Å². The Hall–Kier alpha value is -1.98. The van der Waals surface area contributed by atoms with Gasteiger partial charge in [-0.15, -0.1) is 0 Å². The Labute approximate surface area is 158 Å². The SMILES string of the molecule is Cc1ccc(C(C)(C)O)cc1-c1ccc2c(n1)sc(=O)n2CC(C)(C)C. The van der Waals surface area contributed by atoms with Gasteiger partial charge in [-0.3, -0.25) is 9.36 Å². The molecule has 1 N–H and O–H groups in total. The lowest BCUT2D eigenvalue weighted by molar-refractivity contribution is 0.0786. The Morgan fingerprint density at radius 1 is 1.12 bits per heavy atom. The van der Waals surface area contributed by atoms with E-state index in [2.05, 4.69) is 20.8 Å². The number of thiazole rings is 1. The van der Waals surface area contributed by atoms with Gasteiger partial charge in [-0.25, -0.2) is 4.98 Å². The molecule has 1 aromatic carbocycles. The van der Waals surface area contributed by atoms with Crippen LogP contribution in [0, 0.1) is 12.3 Å². The second kappa shape index (κ2) is 6.32. The van der Waals surface area contributed by atoms with Crippen molar-refractivity contribution in [3.63, 3.8) is 0 Å². The van der Waals surface area contributed by atoms with Gasteiger partial charge in [0.1, 0.15) is 4.83 Å². The van der Waals surface area contributed by atoms with E-state index in [9.17, 15) is 9.90 Å². The lowest BCUT2D eigenvalue weighted by Gasteiger charge is -2.20. The van der Waals surface area contributed by atoms with Crippen LogP contribution in [0.15, 0.2) is 35.1 Å². The number of nitrogens with zero attached hydrogens (tertiary/aromatic N) is 2. The number of aromatic nitrogens is 2. The molecule has 3 rings (SSSR count). The maximum absolute atomic E-state index is 12.4. The first-order valence-electron chi connectivity index (χ1n) is 8.80. The van der Waals surface area contributed by atoms with Gasteiger partial charge >= 0.3 is 4.87 Å². The van der Waals surface area contributed by atoms with E-state index >= 15 is 0 Å². The number of pyridine rings is 1. The van der Waals surface area contributed by atoms with Crippen molar-refractivity contribution >= 4 is 21.7 Å². The first-order valence-corrected chi connectivity index (χ1v) is 9.62. The smallest absolute Gasteiger partial charge is 0.309 e. The molecule has 0 saturated carbocycles. The minimum Gasteiger partial charge on any atom is -0.386 e. The van der Waals surface area contributed by atoms with E-state index in [1.807, 2.05) is 41.8 Å². The fourth-order valence-corrected chi connectivity index (χ4v) is 3.87. The van der Waals surface area contributed by atoms with E-state index in [0.717, 1.165) is 32.7 Å². The highest BCUT2D eigenvalue weighted by molar-refractivity contribution is 7.16. The van der Waals surface area contributed by atoms with Crippen molar-refractivity contribution < 1.29 is 5.11 Å². The highest BCUT2D eigenvalue weighted by atomic mass is 32.1. The average Bonchev–Trinajstić information content (AvgIpc) is 2.80. The molecule has 0 radical (unpaired) electrons. The second-order valence-corrected chi connectivity index (χ2v) is 9.56. The standard InChI is InChI=1S/C21H26N2O2S/c1-13-7-8-14(21(5,6)25)11-15(13)16-9-10-17-18(22-16)26-19(24)23(17)12-20(2,3)4/h7-11,25H,12H2,1-6H3. The summed E-state index contributed by atoms with van der Waals surface area (Å²) in [4.78, 5) is 18.0. The molecule has 2 aromatic heterocycles. The molecule has 0 aliphatic heterocycles. The van der Waals surface area contributed by atoms with Crippen LogP contribution in [0.4, 0.5) is 0 Å². The highest BCUT2D eigenvalue weighted by Crippen LogP contribution is 2.30. The molecule has 0 fully saturated rings. The van der Waals surface area contributed by atoms with Gasteiger partial charge in [-0.1, -0.05) is 44.2 Å². The van der Waals surface area contributed by atoms with E-state index in [4.69, 9.17) is 4.98 Å². The molecular weight excluding hydrogens is 344 g/mol. The van der Waals surface area contributed by atoms with Crippen LogP contribution in [0.2, 0.25) is 0 Å². The van der Waals surface area contributed by atoms with Crippen molar-refractivity contribution in [3.8, 4) is 11.3 Å². The van der Waals surface area contributed by atoms with Crippen LogP contribution in [-0.4, -0.2) is 14.7 Å². The van der Waals surface area contributed by atoms with E-state index < -0.39 is 5.60 Å². The summed E-state index contributed by atoms with van der Waals surface area (Å²) in [5, 5.41) is 10.3. The molecular formula is C21H26N2O2S. The number of fused-ring (bicyclic) bond motifs is 1. The predicted molar refractivity (Wildman–Crippen MR) is 109 cm³/mol. The minimum absolute atomic E-state index is 0.0220. The van der Waals surface area contributed by atoms with Gasteiger partial charge in [0, 0.05) is 12.1 Å². The normalized spacial score (nSPS) is 12.7. The van der Waals surface area contributed by atoms with Gasteiger partial charge in [-0.2, -0.15) is 0 Å². The number of aliphatic hydroxyl groups is 1. The molecule has 3 aromatic rings. The predicted octanol–water partition coefficient (Wildman–Crippen LogP) is 4.71. The Kier molecular flexibility index (Phi) is 4.57. The molecule has 2 heterocycles. The van der Waals surface area contributed by atoms with Gasteiger partial charge in [-0.05, 0) is 55.5 Å². The zero-order valence-corrected chi connectivity index (χ0v) is 17.1. The average molecular weight is 371 g/mol. The molecule has 0 atom stereocenters. The Bertz CT molecular complexity index is 1020. The Morgan fingerprint density at radius 3 is 2.42 bits per heavy atom. The van der Waals surface area contributed by atoms with Gasteiger partial charge in [0.05, 0.1) is 16.8 Å². The molecule has 0 aliphatic rings. The monoisotopic (exact) mass is 370 g/mol. The van der Waals surface area contributed by atoms with E-state index in [-0.39, 0.29) is 10.3 Å². The van der Waals surface area contributed by atoms with Crippen LogP contribution in [0.5, 0.6) is 0 Å². The van der Waals surface area contributed by atoms with Gasteiger partial charge < -0.3 is 5.11 Å². The van der Waals surface area contributed by atoms with Gasteiger partial charge in [0.2, 0.25) is 0 Å². The van der Waals surface area contributed by atoms with Crippen LogP contribution in [-0.2, 0) is 12.1 Å². The zero-order chi connectivity index (χ0) is 19.3. The van der Waals surface area contributed by atoms with Crippen LogP contribution in [0.3, 0.4) is 0 Å². The van der Waals surface area contributed by atoms with Gasteiger partial charge in [0.15, 0.2) is 0 Å². The van der Waals surface area contributed by atoms with Crippen molar-refractivity contribution in [3.05, 3.63) is 51.1 Å². The molecule has 0 aliphatic carbocycles. The lowest BCUT2D eigenvalue weighted by atomic mass is 9.93. The number of rotatable bonds is 3. The molecule has 0 bridgehead atoms. The molecule has 0 amide bonds. The second-order valence-electron chi connectivity index (χ2n) is 8.62. The molecule has 0 unspecified atom stereocenters. The Morgan fingerprint density at radius 2 is 1.81 bits per heavy atom. The number of benzene rings is 1. The molecule has 0 spiro atoms. The van der Waals surface area contributed by atoms with Crippen molar-refractivity contribution in [2.45, 2.75) is 53.7 Å². The minimum atomic E-state index is -0.909. The van der Waals surface area contributed by atoms with E-state index in [1.165, 1.54) is 11.3 Å². The van der Waals surface area contributed by atoms with E-state index in [1.54, 1.807) is 13.8 Å². The molecule has 138 valence electrons. The van der Waals surface area contributed by atoms with Gasteiger partial charge in [0.25, 0.3) is 0 Å².